The van der Waals surface area contributed by atoms with Crippen molar-refractivity contribution in [3.63, 3.8) is 0 Å². The van der Waals surface area contributed by atoms with Crippen molar-refractivity contribution in [2.24, 2.45) is 0 Å². The second-order valence-corrected chi connectivity index (χ2v) is 6.89. The summed E-state index contributed by atoms with van der Waals surface area (Å²) in [5, 5.41) is 14.1. The SMILES string of the molecule is Cc1ccc([C@@H](C)NC(=O)C(C)(C)Oc2ccccc2[N+](=O)[O-])c(C)c1. The minimum atomic E-state index is -1.26. The maximum Gasteiger partial charge on any atom is 0.310 e. The molecule has 0 fully saturated rings. The van der Waals surface area contributed by atoms with Crippen LogP contribution in [0.15, 0.2) is 42.5 Å². The minimum absolute atomic E-state index is 0.0665. The van der Waals surface area contributed by atoms with E-state index >= 15 is 0 Å². The number of hydrogen-bond acceptors (Lipinski definition) is 4. The van der Waals surface area contributed by atoms with Crippen LogP contribution < -0.4 is 10.1 Å². The van der Waals surface area contributed by atoms with Crippen molar-refractivity contribution < 1.29 is 14.5 Å². The van der Waals surface area contributed by atoms with Crippen molar-refractivity contribution in [1.29, 1.82) is 0 Å². The van der Waals surface area contributed by atoms with E-state index < -0.39 is 10.5 Å². The molecule has 6 heteroatoms. The highest BCUT2D eigenvalue weighted by atomic mass is 16.6. The van der Waals surface area contributed by atoms with E-state index in [4.69, 9.17) is 4.74 Å². The van der Waals surface area contributed by atoms with Crippen LogP contribution in [0.2, 0.25) is 0 Å². The van der Waals surface area contributed by atoms with Crippen LogP contribution in [0.4, 0.5) is 5.69 Å². The van der Waals surface area contributed by atoms with Crippen LogP contribution in [0.5, 0.6) is 5.75 Å². The first-order valence-corrected chi connectivity index (χ1v) is 8.42. The molecule has 0 aliphatic heterocycles. The smallest absolute Gasteiger partial charge is 0.310 e. The lowest BCUT2D eigenvalue weighted by atomic mass is 9.99. The van der Waals surface area contributed by atoms with Crippen molar-refractivity contribution in [2.75, 3.05) is 0 Å². The number of nitro benzene ring substituents is 1. The number of benzene rings is 2. The summed E-state index contributed by atoms with van der Waals surface area (Å²) in [5.74, 6) is -0.278. The van der Waals surface area contributed by atoms with Crippen molar-refractivity contribution >= 4 is 11.6 Å². The Kier molecular flexibility index (Phi) is 5.65. The maximum absolute atomic E-state index is 12.7. The zero-order chi connectivity index (χ0) is 19.5. The van der Waals surface area contributed by atoms with E-state index in [2.05, 4.69) is 11.4 Å². The Bertz CT molecular complexity index is 830. The molecular weight excluding hydrogens is 332 g/mol. The first kappa shape index (κ1) is 19.4. The van der Waals surface area contributed by atoms with Gasteiger partial charge in [0.25, 0.3) is 5.91 Å². The molecule has 138 valence electrons. The van der Waals surface area contributed by atoms with Gasteiger partial charge in [-0.15, -0.1) is 0 Å². The van der Waals surface area contributed by atoms with Crippen LogP contribution in [-0.4, -0.2) is 16.4 Å². The average Bonchev–Trinajstić information content (AvgIpc) is 2.54. The zero-order valence-corrected chi connectivity index (χ0v) is 15.7. The molecule has 0 unspecified atom stereocenters. The Morgan fingerprint density at radius 2 is 1.85 bits per heavy atom. The monoisotopic (exact) mass is 356 g/mol. The van der Waals surface area contributed by atoms with Gasteiger partial charge < -0.3 is 10.1 Å². The number of para-hydroxylation sites is 2. The second-order valence-electron chi connectivity index (χ2n) is 6.89. The Hall–Kier alpha value is -2.89. The third-order valence-electron chi connectivity index (χ3n) is 4.21. The lowest BCUT2D eigenvalue weighted by Gasteiger charge is -2.27. The molecule has 0 aliphatic carbocycles. The standard InChI is InChI=1S/C20H24N2O4/c1-13-10-11-16(14(2)12-13)15(3)21-19(23)20(4,5)26-18-9-7-6-8-17(18)22(24)25/h6-12,15H,1-5H3,(H,21,23)/t15-/m1/s1. The second kappa shape index (κ2) is 7.56. The van der Waals surface area contributed by atoms with Gasteiger partial charge in [0.1, 0.15) is 0 Å². The normalized spacial score (nSPS) is 12.3. The van der Waals surface area contributed by atoms with Gasteiger partial charge in [-0.05, 0) is 51.8 Å². The Morgan fingerprint density at radius 3 is 2.46 bits per heavy atom. The number of nitrogens with zero attached hydrogens (tertiary/aromatic N) is 1. The molecule has 0 saturated carbocycles. The lowest BCUT2D eigenvalue weighted by molar-refractivity contribution is -0.386. The van der Waals surface area contributed by atoms with E-state index in [-0.39, 0.29) is 23.4 Å². The first-order chi connectivity index (χ1) is 12.1. The number of hydrogen-bond donors (Lipinski definition) is 1. The van der Waals surface area contributed by atoms with Crippen molar-refractivity contribution in [3.05, 3.63) is 69.3 Å². The van der Waals surface area contributed by atoms with Crippen LogP contribution in [-0.2, 0) is 4.79 Å². The molecule has 0 spiro atoms. The van der Waals surface area contributed by atoms with Gasteiger partial charge >= 0.3 is 5.69 Å². The van der Waals surface area contributed by atoms with Gasteiger partial charge in [0.15, 0.2) is 11.4 Å². The topological polar surface area (TPSA) is 81.5 Å². The molecule has 2 aromatic carbocycles. The number of carbonyl (C=O) groups is 1. The van der Waals surface area contributed by atoms with E-state index in [1.165, 1.54) is 12.1 Å². The predicted molar refractivity (Wildman–Crippen MR) is 100 cm³/mol. The Balaban J connectivity index is 2.16. The molecule has 0 bridgehead atoms. The van der Waals surface area contributed by atoms with Gasteiger partial charge in [0, 0.05) is 6.07 Å². The summed E-state index contributed by atoms with van der Waals surface area (Å²) >= 11 is 0. The van der Waals surface area contributed by atoms with Crippen LogP contribution in [0, 0.1) is 24.0 Å². The van der Waals surface area contributed by atoms with Crippen molar-refractivity contribution in [2.45, 2.75) is 46.3 Å². The summed E-state index contributed by atoms with van der Waals surface area (Å²) < 4.78 is 5.69. The molecular formula is C20H24N2O4. The fourth-order valence-corrected chi connectivity index (χ4v) is 2.78. The minimum Gasteiger partial charge on any atom is -0.471 e. The van der Waals surface area contributed by atoms with Crippen LogP contribution in [0.25, 0.3) is 0 Å². The van der Waals surface area contributed by atoms with Gasteiger partial charge in [-0.3, -0.25) is 14.9 Å². The summed E-state index contributed by atoms with van der Waals surface area (Å²) in [6.07, 6.45) is 0. The third kappa shape index (κ3) is 4.39. The molecule has 1 amide bonds. The molecule has 2 rings (SSSR count). The highest BCUT2D eigenvalue weighted by Crippen LogP contribution is 2.30. The Morgan fingerprint density at radius 1 is 1.19 bits per heavy atom. The van der Waals surface area contributed by atoms with Crippen LogP contribution in [0.3, 0.4) is 0 Å². The highest BCUT2D eigenvalue weighted by Gasteiger charge is 2.33. The fourth-order valence-electron chi connectivity index (χ4n) is 2.78. The summed E-state index contributed by atoms with van der Waals surface area (Å²) in [6, 6.07) is 11.9. The summed E-state index contributed by atoms with van der Waals surface area (Å²) in [5.41, 5.74) is 1.83. The lowest BCUT2D eigenvalue weighted by Crippen LogP contribution is -2.47. The number of aryl methyl sites for hydroxylation is 2. The number of amides is 1. The number of rotatable bonds is 6. The van der Waals surface area contributed by atoms with E-state index in [9.17, 15) is 14.9 Å². The van der Waals surface area contributed by atoms with Gasteiger partial charge in [-0.25, -0.2) is 0 Å². The fraction of sp³-hybridized carbons (Fsp3) is 0.350. The molecule has 6 nitrogen and oxygen atoms in total. The van der Waals surface area contributed by atoms with Crippen molar-refractivity contribution in [3.8, 4) is 5.75 Å². The number of nitrogens with one attached hydrogen (secondary N) is 1. The molecule has 26 heavy (non-hydrogen) atoms. The largest absolute Gasteiger partial charge is 0.471 e. The van der Waals surface area contributed by atoms with E-state index in [1.54, 1.807) is 26.0 Å². The Labute approximate surface area is 153 Å². The first-order valence-electron chi connectivity index (χ1n) is 8.42. The van der Waals surface area contributed by atoms with Gasteiger partial charge in [0.2, 0.25) is 0 Å². The van der Waals surface area contributed by atoms with E-state index in [1.807, 2.05) is 32.9 Å². The molecule has 0 aliphatic rings. The quantitative estimate of drug-likeness (QED) is 0.620. The molecule has 0 radical (unpaired) electrons. The number of ether oxygens (including phenoxy) is 1. The van der Waals surface area contributed by atoms with Gasteiger partial charge in [0.05, 0.1) is 11.0 Å². The number of carbonyl (C=O) groups excluding carboxylic acids is 1. The predicted octanol–water partition coefficient (Wildman–Crippen LogP) is 4.25. The van der Waals surface area contributed by atoms with Gasteiger partial charge in [-0.2, -0.15) is 0 Å². The summed E-state index contributed by atoms with van der Waals surface area (Å²) in [7, 11) is 0. The molecule has 1 atom stereocenters. The molecule has 0 aromatic heterocycles. The van der Waals surface area contributed by atoms with Crippen LogP contribution >= 0.6 is 0 Å². The third-order valence-corrected chi connectivity index (χ3v) is 4.21. The van der Waals surface area contributed by atoms with E-state index in [0.29, 0.717) is 0 Å². The molecule has 0 heterocycles. The summed E-state index contributed by atoms with van der Waals surface area (Å²) in [6.45, 7) is 9.10. The molecule has 2 aromatic rings. The van der Waals surface area contributed by atoms with Crippen molar-refractivity contribution in [1.82, 2.24) is 5.32 Å². The molecule has 1 N–H and O–H groups in total. The van der Waals surface area contributed by atoms with Gasteiger partial charge in [-0.1, -0.05) is 35.9 Å². The van der Waals surface area contributed by atoms with E-state index in [0.717, 1.165) is 16.7 Å². The number of nitro groups is 1. The maximum atomic E-state index is 12.7. The molecule has 0 saturated heterocycles. The van der Waals surface area contributed by atoms with Crippen LogP contribution in [0.1, 0.15) is 43.5 Å². The summed E-state index contributed by atoms with van der Waals surface area (Å²) in [4.78, 5) is 23.3. The highest BCUT2D eigenvalue weighted by molar-refractivity contribution is 5.85. The average molecular weight is 356 g/mol. The zero-order valence-electron chi connectivity index (χ0n) is 15.7.